The van der Waals surface area contributed by atoms with Crippen LogP contribution in [0.5, 0.6) is 0 Å². The molecule has 0 atom stereocenters. The molecule has 0 aliphatic carbocycles. The van der Waals surface area contributed by atoms with Crippen LogP contribution in [0.3, 0.4) is 0 Å². The summed E-state index contributed by atoms with van der Waals surface area (Å²) in [6, 6.07) is 6.07. The number of aromatic amines is 1. The maximum atomic E-state index is 4.44. The number of H-pyrrole nitrogens is 1. The molecular formula is C13H10N6. The van der Waals surface area contributed by atoms with Crippen molar-refractivity contribution in [3.63, 3.8) is 0 Å². The molecule has 0 saturated carbocycles. The number of rotatable bonds is 1. The number of fused-ring (bicyclic) bond motifs is 2. The molecule has 0 aliphatic rings. The molecule has 1 N–H and O–H groups in total. The quantitative estimate of drug-likeness (QED) is 0.560. The lowest BCUT2D eigenvalue weighted by Crippen LogP contribution is -1.95. The molecule has 6 nitrogen and oxygen atoms in total. The fourth-order valence-electron chi connectivity index (χ4n) is 2.16. The molecule has 0 fully saturated rings. The first-order valence-electron chi connectivity index (χ1n) is 5.91. The summed E-state index contributed by atoms with van der Waals surface area (Å²) in [6.07, 6.45) is 5.30. The molecule has 0 aliphatic heterocycles. The maximum Gasteiger partial charge on any atom is 0.168 e. The van der Waals surface area contributed by atoms with Crippen LogP contribution in [0.2, 0.25) is 0 Å². The third kappa shape index (κ3) is 1.50. The van der Waals surface area contributed by atoms with Crippen LogP contribution in [0.4, 0.5) is 0 Å². The third-order valence-corrected chi connectivity index (χ3v) is 3.11. The summed E-state index contributed by atoms with van der Waals surface area (Å²) in [4.78, 5) is 12.9. The average molecular weight is 250 g/mol. The van der Waals surface area contributed by atoms with E-state index in [0.29, 0.717) is 0 Å². The molecule has 4 aromatic rings. The molecule has 0 saturated heterocycles. The van der Waals surface area contributed by atoms with Crippen LogP contribution in [-0.2, 0) is 0 Å². The van der Waals surface area contributed by atoms with Crippen LogP contribution < -0.4 is 0 Å². The topological polar surface area (TPSA) is 72.3 Å². The maximum absolute atomic E-state index is 4.44. The molecule has 6 heteroatoms. The van der Waals surface area contributed by atoms with E-state index in [-0.39, 0.29) is 0 Å². The van der Waals surface area contributed by atoms with Crippen molar-refractivity contribution in [1.29, 1.82) is 0 Å². The smallest absolute Gasteiger partial charge is 0.168 e. The fraction of sp³-hybridized carbons (Fsp3) is 0.0769. The first-order chi connectivity index (χ1) is 9.31. The molecule has 3 heterocycles. The highest BCUT2D eigenvalue weighted by Crippen LogP contribution is 2.19. The molecule has 1 aromatic carbocycles. The van der Waals surface area contributed by atoms with Crippen LogP contribution in [-0.4, -0.2) is 29.7 Å². The van der Waals surface area contributed by atoms with Gasteiger partial charge in [-0.25, -0.2) is 15.0 Å². The molecular weight excluding hydrogens is 240 g/mol. The summed E-state index contributed by atoms with van der Waals surface area (Å²) < 4.78 is 1.95. The van der Waals surface area contributed by atoms with Crippen LogP contribution in [0.15, 0.2) is 36.9 Å². The van der Waals surface area contributed by atoms with Crippen molar-refractivity contribution in [3.05, 3.63) is 42.7 Å². The number of nitrogens with one attached hydrogen (secondary N) is 1. The minimum atomic E-state index is 0.733. The Bertz CT molecular complexity index is 888. The second-order valence-electron chi connectivity index (χ2n) is 4.38. The zero-order valence-corrected chi connectivity index (χ0v) is 10.2. The fourth-order valence-corrected chi connectivity index (χ4v) is 2.16. The Balaban J connectivity index is 2.00. The summed E-state index contributed by atoms with van der Waals surface area (Å²) in [6.45, 7) is 1.87. The molecule has 0 bridgehead atoms. The second-order valence-corrected chi connectivity index (χ2v) is 4.38. The van der Waals surface area contributed by atoms with Crippen LogP contribution in [0.1, 0.15) is 5.82 Å². The van der Waals surface area contributed by atoms with Gasteiger partial charge in [-0.3, -0.25) is 9.67 Å². The molecule has 0 spiro atoms. The Morgan fingerprint density at radius 2 is 2.11 bits per heavy atom. The molecule has 0 radical (unpaired) electrons. The zero-order valence-electron chi connectivity index (χ0n) is 10.2. The van der Waals surface area contributed by atoms with Gasteiger partial charge in [-0.15, -0.1) is 0 Å². The first-order valence-corrected chi connectivity index (χ1v) is 5.91. The minimum absolute atomic E-state index is 0.733. The molecule has 19 heavy (non-hydrogen) atoms. The Labute approximate surface area is 108 Å². The van der Waals surface area contributed by atoms with Crippen LogP contribution in [0.25, 0.3) is 27.8 Å². The number of aromatic nitrogens is 6. The van der Waals surface area contributed by atoms with E-state index in [0.717, 1.165) is 33.6 Å². The lowest BCUT2D eigenvalue weighted by atomic mass is 10.2. The second kappa shape index (κ2) is 3.61. The number of benzene rings is 1. The first kappa shape index (κ1) is 10.2. The number of aryl methyl sites for hydroxylation is 1. The molecule has 3 aromatic heterocycles. The summed E-state index contributed by atoms with van der Waals surface area (Å²) in [5.74, 6) is 0.733. The van der Waals surface area contributed by atoms with E-state index in [1.54, 1.807) is 18.7 Å². The van der Waals surface area contributed by atoms with E-state index in [9.17, 15) is 0 Å². The van der Waals surface area contributed by atoms with Gasteiger partial charge in [0, 0.05) is 5.39 Å². The SMILES string of the molecule is Cc1ncc2ncn(-c3ccc4cn[nH]c4c3)c2n1. The molecule has 4 rings (SSSR count). The lowest BCUT2D eigenvalue weighted by molar-refractivity contribution is 1.03. The van der Waals surface area contributed by atoms with Gasteiger partial charge in [-0.2, -0.15) is 5.10 Å². The average Bonchev–Trinajstić information content (AvgIpc) is 3.03. The highest BCUT2D eigenvalue weighted by Gasteiger charge is 2.07. The predicted molar refractivity (Wildman–Crippen MR) is 71.0 cm³/mol. The van der Waals surface area contributed by atoms with Gasteiger partial charge in [0.15, 0.2) is 5.65 Å². The van der Waals surface area contributed by atoms with E-state index >= 15 is 0 Å². The predicted octanol–water partition coefficient (Wildman–Crippen LogP) is 2.00. The molecule has 0 unspecified atom stereocenters. The summed E-state index contributed by atoms with van der Waals surface area (Å²) >= 11 is 0. The number of hydrogen-bond donors (Lipinski definition) is 1. The van der Waals surface area contributed by atoms with Gasteiger partial charge in [0.1, 0.15) is 17.7 Å². The van der Waals surface area contributed by atoms with Gasteiger partial charge in [-0.1, -0.05) is 0 Å². The monoisotopic (exact) mass is 250 g/mol. The Morgan fingerprint density at radius 1 is 1.16 bits per heavy atom. The van der Waals surface area contributed by atoms with Gasteiger partial charge in [-0.05, 0) is 25.1 Å². The minimum Gasteiger partial charge on any atom is -0.283 e. The van der Waals surface area contributed by atoms with E-state index in [4.69, 9.17) is 0 Å². The van der Waals surface area contributed by atoms with Gasteiger partial charge >= 0.3 is 0 Å². The van der Waals surface area contributed by atoms with E-state index in [1.165, 1.54) is 0 Å². The Kier molecular flexibility index (Phi) is 1.94. The zero-order chi connectivity index (χ0) is 12.8. The summed E-state index contributed by atoms with van der Waals surface area (Å²) in [5, 5.41) is 8.07. The van der Waals surface area contributed by atoms with Crippen LogP contribution >= 0.6 is 0 Å². The highest BCUT2D eigenvalue weighted by atomic mass is 15.1. The van der Waals surface area contributed by atoms with Crippen molar-refractivity contribution in [3.8, 4) is 5.69 Å². The van der Waals surface area contributed by atoms with E-state index in [1.807, 2.05) is 29.7 Å². The van der Waals surface area contributed by atoms with Crippen molar-refractivity contribution in [2.24, 2.45) is 0 Å². The van der Waals surface area contributed by atoms with Crippen molar-refractivity contribution >= 4 is 22.1 Å². The van der Waals surface area contributed by atoms with E-state index < -0.39 is 0 Å². The number of hydrogen-bond acceptors (Lipinski definition) is 4. The standard InChI is InChI=1S/C13H10N6/c1-8-14-6-12-13(17-8)19(7-15-12)10-3-2-9-5-16-18-11(9)4-10/h2-7H,1H3,(H,16,18). The van der Waals surface area contributed by atoms with Gasteiger partial charge in [0.05, 0.1) is 23.6 Å². The lowest BCUT2D eigenvalue weighted by Gasteiger charge is -2.03. The normalized spacial score (nSPS) is 11.4. The van der Waals surface area contributed by atoms with Gasteiger partial charge < -0.3 is 0 Å². The summed E-state index contributed by atoms with van der Waals surface area (Å²) in [7, 11) is 0. The number of imidazole rings is 1. The van der Waals surface area contributed by atoms with Crippen molar-refractivity contribution in [2.45, 2.75) is 6.92 Å². The summed E-state index contributed by atoms with van der Waals surface area (Å²) in [5.41, 5.74) is 3.59. The van der Waals surface area contributed by atoms with Gasteiger partial charge in [0.25, 0.3) is 0 Å². The highest BCUT2D eigenvalue weighted by molar-refractivity contribution is 5.81. The molecule has 92 valence electrons. The number of nitrogens with zero attached hydrogens (tertiary/aromatic N) is 5. The largest absolute Gasteiger partial charge is 0.283 e. The molecule has 0 amide bonds. The Morgan fingerprint density at radius 3 is 3.05 bits per heavy atom. The van der Waals surface area contributed by atoms with Crippen molar-refractivity contribution in [1.82, 2.24) is 29.7 Å². The Hall–Kier alpha value is -2.76. The van der Waals surface area contributed by atoms with E-state index in [2.05, 4.69) is 25.1 Å². The van der Waals surface area contributed by atoms with Gasteiger partial charge in [0.2, 0.25) is 0 Å². The third-order valence-electron chi connectivity index (χ3n) is 3.11. The van der Waals surface area contributed by atoms with Crippen molar-refractivity contribution < 1.29 is 0 Å². The van der Waals surface area contributed by atoms with Crippen molar-refractivity contribution in [2.75, 3.05) is 0 Å². The van der Waals surface area contributed by atoms with Crippen LogP contribution in [0, 0.1) is 6.92 Å².